The number of hydrogen-bond donors (Lipinski definition) is 2. The maximum absolute atomic E-state index is 12.5. The monoisotopic (exact) mass is 307 g/mol. The number of aliphatic carboxylic acids is 1. The number of thioether (sulfide) groups is 1. The second kappa shape index (κ2) is 7.50. The fraction of sp³-hybridized carbons (Fsp3) is 0.500. The lowest BCUT2D eigenvalue weighted by Crippen LogP contribution is -2.38. The van der Waals surface area contributed by atoms with Gasteiger partial charge in [-0.05, 0) is 36.6 Å². The van der Waals surface area contributed by atoms with Gasteiger partial charge in [0.05, 0.1) is 5.92 Å². The third-order valence-corrected chi connectivity index (χ3v) is 4.94. The molecule has 0 spiro atoms. The van der Waals surface area contributed by atoms with Gasteiger partial charge < -0.3 is 10.4 Å². The molecule has 2 N–H and O–H groups in total. The maximum Gasteiger partial charge on any atom is 0.303 e. The highest BCUT2D eigenvalue weighted by Gasteiger charge is 2.27. The molecule has 21 heavy (non-hydrogen) atoms. The molecule has 1 aromatic carbocycles. The Labute approximate surface area is 129 Å². The van der Waals surface area contributed by atoms with E-state index >= 15 is 0 Å². The quantitative estimate of drug-likeness (QED) is 0.848. The molecule has 2 unspecified atom stereocenters. The molecule has 0 saturated carbocycles. The largest absolute Gasteiger partial charge is 0.481 e. The lowest BCUT2D eigenvalue weighted by Gasteiger charge is -2.26. The third-order valence-electron chi connectivity index (χ3n) is 3.82. The molecule has 0 radical (unpaired) electrons. The lowest BCUT2D eigenvalue weighted by atomic mass is 9.94. The number of fused-ring (bicyclic) bond motifs is 1. The standard InChI is InChI=1S/C16H21NO3S/c1-2-11(7-8-15(18)19)17-16(20)13-9-10-21-14-6-4-3-5-12(13)14/h3-6,11,13H,2,7-10H2,1H3,(H,17,20)(H,18,19). The Balaban J connectivity index is 2.01. The summed E-state index contributed by atoms with van der Waals surface area (Å²) in [5.74, 6) is 0.0459. The topological polar surface area (TPSA) is 66.4 Å². The molecule has 0 fully saturated rings. The van der Waals surface area contributed by atoms with Gasteiger partial charge in [0.1, 0.15) is 0 Å². The van der Waals surface area contributed by atoms with Gasteiger partial charge in [0, 0.05) is 17.4 Å². The van der Waals surface area contributed by atoms with Gasteiger partial charge in [-0.25, -0.2) is 0 Å². The minimum Gasteiger partial charge on any atom is -0.481 e. The van der Waals surface area contributed by atoms with Crippen molar-refractivity contribution in [2.45, 2.75) is 49.5 Å². The highest BCUT2D eigenvalue weighted by molar-refractivity contribution is 7.99. The molecule has 5 heteroatoms. The number of hydrogen-bond acceptors (Lipinski definition) is 3. The van der Waals surface area contributed by atoms with Crippen molar-refractivity contribution >= 4 is 23.6 Å². The van der Waals surface area contributed by atoms with Gasteiger partial charge >= 0.3 is 5.97 Å². The highest BCUT2D eigenvalue weighted by Crippen LogP contribution is 2.37. The molecule has 2 rings (SSSR count). The summed E-state index contributed by atoms with van der Waals surface area (Å²) in [4.78, 5) is 24.3. The second-order valence-corrected chi connectivity index (χ2v) is 6.41. The van der Waals surface area contributed by atoms with Crippen LogP contribution in [0.1, 0.15) is 44.1 Å². The zero-order chi connectivity index (χ0) is 15.2. The summed E-state index contributed by atoms with van der Waals surface area (Å²) in [6, 6.07) is 7.97. The van der Waals surface area contributed by atoms with Crippen LogP contribution in [0.25, 0.3) is 0 Å². The lowest BCUT2D eigenvalue weighted by molar-refractivity contribution is -0.137. The van der Waals surface area contributed by atoms with Crippen LogP contribution in [0.2, 0.25) is 0 Å². The van der Waals surface area contributed by atoms with Crippen LogP contribution >= 0.6 is 11.8 Å². The van der Waals surface area contributed by atoms with Gasteiger partial charge in [-0.2, -0.15) is 0 Å². The van der Waals surface area contributed by atoms with Crippen LogP contribution in [0.4, 0.5) is 0 Å². The first kappa shape index (κ1) is 15.9. The van der Waals surface area contributed by atoms with E-state index < -0.39 is 5.97 Å². The summed E-state index contributed by atoms with van der Waals surface area (Å²) in [6.45, 7) is 1.97. The Bertz CT molecular complexity index is 518. The maximum atomic E-state index is 12.5. The van der Waals surface area contributed by atoms with E-state index in [-0.39, 0.29) is 24.3 Å². The van der Waals surface area contributed by atoms with Crippen molar-refractivity contribution in [2.75, 3.05) is 5.75 Å². The molecule has 0 aliphatic carbocycles. The van der Waals surface area contributed by atoms with E-state index in [0.29, 0.717) is 6.42 Å². The SMILES string of the molecule is CCC(CCC(=O)O)NC(=O)C1CCSc2ccccc21. The van der Waals surface area contributed by atoms with Crippen molar-refractivity contribution in [3.8, 4) is 0 Å². The predicted octanol–water partition coefficient (Wildman–Crippen LogP) is 3.03. The summed E-state index contributed by atoms with van der Waals surface area (Å²) in [7, 11) is 0. The van der Waals surface area contributed by atoms with Crippen LogP contribution in [0.3, 0.4) is 0 Å². The molecule has 1 aromatic rings. The highest BCUT2D eigenvalue weighted by atomic mass is 32.2. The number of carboxylic acids is 1. The van der Waals surface area contributed by atoms with Crippen molar-refractivity contribution in [1.29, 1.82) is 0 Å². The van der Waals surface area contributed by atoms with Crippen LogP contribution in [0.5, 0.6) is 0 Å². The van der Waals surface area contributed by atoms with Crippen LogP contribution in [-0.2, 0) is 9.59 Å². The van der Waals surface area contributed by atoms with Gasteiger partial charge in [-0.15, -0.1) is 11.8 Å². The van der Waals surface area contributed by atoms with Crippen LogP contribution in [-0.4, -0.2) is 28.8 Å². The van der Waals surface area contributed by atoms with Crippen LogP contribution in [0.15, 0.2) is 29.2 Å². The van der Waals surface area contributed by atoms with Gasteiger partial charge in [0.2, 0.25) is 5.91 Å². The molecule has 1 aliphatic rings. The minimum absolute atomic E-state index is 0.0278. The van der Waals surface area contributed by atoms with E-state index in [1.54, 1.807) is 11.8 Å². The normalized spacial score (nSPS) is 18.6. The predicted molar refractivity (Wildman–Crippen MR) is 83.6 cm³/mol. The molecular formula is C16H21NO3S. The van der Waals surface area contributed by atoms with Crippen molar-refractivity contribution in [3.05, 3.63) is 29.8 Å². The van der Waals surface area contributed by atoms with E-state index in [1.165, 1.54) is 4.90 Å². The van der Waals surface area contributed by atoms with E-state index in [2.05, 4.69) is 11.4 Å². The molecular weight excluding hydrogens is 286 g/mol. The van der Waals surface area contributed by atoms with Gasteiger partial charge in [0.25, 0.3) is 0 Å². The number of carbonyl (C=O) groups is 2. The average Bonchev–Trinajstić information content (AvgIpc) is 2.50. The van der Waals surface area contributed by atoms with Crippen molar-refractivity contribution in [2.24, 2.45) is 0 Å². The Morgan fingerprint density at radius 3 is 2.90 bits per heavy atom. The average molecular weight is 307 g/mol. The number of carboxylic acid groups (broad SMARTS) is 1. The van der Waals surface area contributed by atoms with E-state index in [4.69, 9.17) is 5.11 Å². The first-order chi connectivity index (χ1) is 10.1. The molecule has 4 nitrogen and oxygen atoms in total. The second-order valence-electron chi connectivity index (χ2n) is 5.27. The van der Waals surface area contributed by atoms with Gasteiger partial charge in [-0.3, -0.25) is 9.59 Å². The van der Waals surface area contributed by atoms with Crippen LogP contribution < -0.4 is 5.32 Å². The van der Waals surface area contributed by atoms with Crippen molar-refractivity contribution < 1.29 is 14.7 Å². The molecule has 114 valence electrons. The number of nitrogens with one attached hydrogen (secondary N) is 1. The molecule has 0 saturated heterocycles. The minimum atomic E-state index is -0.817. The Morgan fingerprint density at radius 2 is 2.19 bits per heavy atom. The fourth-order valence-electron chi connectivity index (χ4n) is 2.59. The summed E-state index contributed by atoms with van der Waals surface area (Å²) in [6.07, 6.45) is 2.17. The third kappa shape index (κ3) is 4.24. The smallest absolute Gasteiger partial charge is 0.303 e. The summed E-state index contributed by atoms with van der Waals surface area (Å²) >= 11 is 1.79. The number of benzene rings is 1. The molecule has 2 atom stereocenters. The van der Waals surface area contributed by atoms with Crippen molar-refractivity contribution in [3.63, 3.8) is 0 Å². The zero-order valence-electron chi connectivity index (χ0n) is 12.2. The summed E-state index contributed by atoms with van der Waals surface area (Å²) in [5.41, 5.74) is 1.10. The Morgan fingerprint density at radius 1 is 1.43 bits per heavy atom. The van der Waals surface area contributed by atoms with Gasteiger partial charge in [-0.1, -0.05) is 25.1 Å². The molecule has 0 bridgehead atoms. The molecule has 1 amide bonds. The number of amides is 1. The zero-order valence-corrected chi connectivity index (χ0v) is 13.0. The first-order valence-electron chi connectivity index (χ1n) is 7.35. The molecule has 1 aliphatic heterocycles. The van der Waals surface area contributed by atoms with Crippen molar-refractivity contribution in [1.82, 2.24) is 5.32 Å². The first-order valence-corrected chi connectivity index (χ1v) is 8.34. The van der Waals surface area contributed by atoms with Crippen LogP contribution in [0, 0.1) is 0 Å². The Hall–Kier alpha value is -1.49. The Kier molecular flexibility index (Phi) is 5.67. The van der Waals surface area contributed by atoms with E-state index in [9.17, 15) is 9.59 Å². The van der Waals surface area contributed by atoms with E-state index in [0.717, 1.165) is 24.2 Å². The van der Waals surface area contributed by atoms with E-state index in [1.807, 2.05) is 25.1 Å². The summed E-state index contributed by atoms with van der Waals surface area (Å²) < 4.78 is 0. The van der Waals surface area contributed by atoms with Gasteiger partial charge in [0.15, 0.2) is 0 Å². The molecule has 1 heterocycles. The number of rotatable bonds is 6. The fourth-order valence-corrected chi connectivity index (χ4v) is 3.72. The summed E-state index contributed by atoms with van der Waals surface area (Å²) in [5, 5.41) is 11.8. The molecule has 0 aromatic heterocycles. The number of carbonyl (C=O) groups excluding carboxylic acids is 1.